The summed E-state index contributed by atoms with van der Waals surface area (Å²) in [6, 6.07) is 13.2. The minimum absolute atomic E-state index is 0.0125. The Labute approximate surface area is 153 Å². The quantitative estimate of drug-likeness (QED) is 0.745. The molecule has 5 heteroatoms. The molecule has 2 aromatic rings. The van der Waals surface area contributed by atoms with Crippen molar-refractivity contribution in [2.75, 3.05) is 5.32 Å². The molecule has 2 rings (SSSR count). The second kappa shape index (κ2) is 9.13. The van der Waals surface area contributed by atoms with Crippen molar-refractivity contribution in [1.29, 1.82) is 0 Å². The van der Waals surface area contributed by atoms with Gasteiger partial charge in [-0.1, -0.05) is 44.2 Å². The normalized spacial score (nSPS) is 12.9. The SMILES string of the molecule is CC[C@@H](C)c1ccccc1NC(=O)[C@H](C)OC(=O)Cc1ccc(F)cc1. The molecule has 0 heterocycles. The van der Waals surface area contributed by atoms with E-state index in [9.17, 15) is 14.0 Å². The van der Waals surface area contributed by atoms with Crippen molar-refractivity contribution in [3.05, 3.63) is 65.5 Å². The Bertz CT molecular complexity index is 758. The van der Waals surface area contributed by atoms with Crippen LogP contribution in [0.25, 0.3) is 0 Å². The molecule has 0 aromatic heterocycles. The minimum Gasteiger partial charge on any atom is -0.452 e. The van der Waals surface area contributed by atoms with E-state index in [2.05, 4.69) is 19.2 Å². The summed E-state index contributed by atoms with van der Waals surface area (Å²) in [7, 11) is 0. The lowest BCUT2D eigenvalue weighted by Crippen LogP contribution is -2.30. The van der Waals surface area contributed by atoms with Gasteiger partial charge in [0.15, 0.2) is 6.10 Å². The molecule has 0 fully saturated rings. The van der Waals surface area contributed by atoms with E-state index >= 15 is 0 Å². The lowest BCUT2D eigenvalue weighted by atomic mass is 9.97. The van der Waals surface area contributed by atoms with Crippen molar-refractivity contribution in [2.24, 2.45) is 0 Å². The second-order valence-electron chi connectivity index (χ2n) is 6.32. The Balaban J connectivity index is 1.95. The van der Waals surface area contributed by atoms with Gasteiger partial charge in [0.2, 0.25) is 0 Å². The van der Waals surface area contributed by atoms with Gasteiger partial charge in [-0.25, -0.2) is 4.39 Å². The highest BCUT2D eigenvalue weighted by atomic mass is 19.1. The van der Waals surface area contributed by atoms with Crippen molar-refractivity contribution in [1.82, 2.24) is 0 Å². The first kappa shape index (κ1) is 19.6. The van der Waals surface area contributed by atoms with E-state index in [1.165, 1.54) is 31.2 Å². The molecule has 0 saturated heterocycles. The fourth-order valence-electron chi connectivity index (χ4n) is 2.56. The number of benzene rings is 2. The van der Waals surface area contributed by atoms with Crippen LogP contribution in [-0.4, -0.2) is 18.0 Å². The van der Waals surface area contributed by atoms with Crippen LogP contribution in [-0.2, 0) is 20.7 Å². The monoisotopic (exact) mass is 357 g/mol. The lowest BCUT2D eigenvalue weighted by Gasteiger charge is -2.18. The minimum atomic E-state index is -0.923. The summed E-state index contributed by atoms with van der Waals surface area (Å²) >= 11 is 0. The summed E-state index contributed by atoms with van der Waals surface area (Å²) < 4.78 is 18.1. The lowest BCUT2D eigenvalue weighted by molar-refractivity contribution is -0.152. The second-order valence-corrected chi connectivity index (χ2v) is 6.32. The van der Waals surface area contributed by atoms with Crippen LogP contribution < -0.4 is 5.32 Å². The highest BCUT2D eigenvalue weighted by Gasteiger charge is 2.20. The number of rotatable bonds is 7. The summed E-state index contributed by atoms with van der Waals surface area (Å²) in [6.07, 6.45) is 0.0177. The maximum Gasteiger partial charge on any atom is 0.311 e. The number of amides is 1. The first-order valence-electron chi connectivity index (χ1n) is 8.74. The molecule has 0 bridgehead atoms. The smallest absolute Gasteiger partial charge is 0.311 e. The molecular weight excluding hydrogens is 333 g/mol. The molecule has 2 aromatic carbocycles. The van der Waals surface area contributed by atoms with Gasteiger partial charge in [-0.15, -0.1) is 0 Å². The van der Waals surface area contributed by atoms with Crippen LogP contribution in [0.1, 0.15) is 44.2 Å². The Morgan fingerprint density at radius 3 is 2.38 bits per heavy atom. The van der Waals surface area contributed by atoms with Gasteiger partial charge in [-0.2, -0.15) is 0 Å². The first-order valence-corrected chi connectivity index (χ1v) is 8.74. The van der Waals surface area contributed by atoms with Crippen LogP contribution in [0, 0.1) is 5.82 Å². The van der Waals surface area contributed by atoms with E-state index in [-0.39, 0.29) is 18.1 Å². The molecule has 0 unspecified atom stereocenters. The zero-order valence-electron chi connectivity index (χ0n) is 15.3. The highest BCUT2D eigenvalue weighted by molar-refractivity contribution is 5.95. The number of para-hydroxylation sites is 1. The summed E-state index contributed by atoms with van der Waals surface area (Å²) in [6.45, 7) is 5.71. The Kier molecular flexibility index (Phi) is 6.89. The van der Waals surface area contributed by atoms with Crippen LogP contribution >= 0.6 is 0 Å². The number of carbonyl (C=O) groups is 2. The highest BCUT2D eigenvalue weighted by Crippen LogP contribution is 2.26. The number of nitrogens with one attached hydrogen (secondary N) is 1. The van der Waals surface area contributed by atoms with Crippen molar-refractivity contribution < 1.29 is 18.7 Å². The third-order valence-corrected chi connectivity index (χ3v) is 4.30. The van der Waals surface area contributed by atoms with Gasteiger partial charge in [0.1, 0.15) is 5.82 Å². The van der Waals surface area contributed by atoms with Gasteiger partial charge in [-0.05, 0) is 48.6 Å². The molecule has 0 aliphatic carbocycles. The van der Waals surface area contributed by atoms with Crippen molar-refractivity contribution >= 4 is 17.6 Å². The first-order chi connectivity index (χ1) is 12.4. The average molecular weight is 357 g/mol. The number of hydrogen-bond acceptors (Lipinski definition) is 3. The number of halogens is 1. The van der Waals surface area contributed by atoms with Crippen LogP contribution in [0.5, 0.6) is 0 Å². The Hall–Kier alpha value is -2.69. The van der Waals surface area contributed by atoms with E-state index in [0.717, 1.165) is 17.7 Å². The third-order valence-electron chi connectivity index (χ3n) is 4.30. The molecule has 0 spiro atoms. The molecule has 0 radical (unpaired) electrons. The fourth-order valence-corrected chi connectivity index (χ4v) is 2.56. The average Bonchev–Trinajstić information content (AvgIpc) is 2.63. The molecule has 26 heavy (non-hydrogen) atoms. The van der Waals surface area contributed by atoms with Gasteiger partial charge in [0, 0.05) is 5.69 Å². The molecule has 2 atom stereocenters. The predicted octanol–water partition coefficient (Wildman–Crippen LogP) is 4.45. The maximum absolute atomic E-state index is 12.9. The number of anilines is 1. The molecule has 1 amide bonds. The molecule has 4 nitrogen and oxygen atoms in total. The topological polar surface area (TPSA) is 55.4 Å². The molecule has 0 aliphatic rings. The summed E-state index contributed by atoms with van der Waals surface area (Å²) in [5, 5.41) is 2.84. The van der Waals surface area contributed by atoms with E-state index in [0.29, 0.717) is 11.5 Å². The largest absolute Gasteiger partial charge is 0.452 e. The predicted molar refractivity (Wildman–Crippen MR) is 99.4 cm³/mol. The van der Waals surface area contributed by atoms with Crippen LogP contribution in [0.15, 0.2) is 48.5 Å². The van der Waals surface area contributed by atoms with E-state index in [1.807, 2.05) is 24.3 Å². The van der Waals surface area contributed by atoms with Gasteiger partial charge in [0.25, 0.3) is 5.91 Å². The summed E-state index contributed by atoms with van der Waals surface area (Å²) in [4.78, 5) is 24.4. The van der Waals surface area contributed by atoms with Crippen LogP contribution in [0.4, 0.5) is 10.1 Å². The standard InChI is InChI=1S/C21H24FNO3/c1-4-14(2)18-7-5-6-8-19(18)23-21(25)15(3)26-20(24)13-16-9-11-17(22)12-10-16/h5-12,14-15H,4,13H2,1-3H3,(H,23,25)/t14-,15+/m1/s1. The number of carbonyl (C=O) groups excluding carboxylic acids is 2. The number of esters is 1. The fraction of sp³-hybridized carbons (Fsp3) is 0.333. The molecular formula is C21H24FNO3. The van der Waals surface area contributed by atoms with Crippen molar-refractivity contribution in [2.45, 2.75) is 45.6 Å². The van der Waals surface area contributed by atoms with Gasteiger partial charge < -0.3 is 10.1 Å². The van der Waals surface area contributed by atoms with Crippen LogP contribution in [0.3, 0.4) is 0 Å². The van der Waals surface area contributed by atoms with E-state index in [1.54, 1.807) is 0 Å². The van der Waals surface area contributed by atoms with Gasteiger partial charge >= 0.3 is 5.97 Å². The van der Waals surface area contributed by atoms with Gasteiger partial charge in [0.05, 0.1) is 6.42 Å². The van der Waals surface area contributed by atoms with Crippen molar-refractivity contribution in [3.63, 3.8) is 0 Å². The molecule has 0 aliphatic heterocycles. The third kappa shape index (κ3) is 5.41. The zero-order chi connectivity index (χ0) is 19.1. The number of ether oxygens (including phenoxy) is 1. The Morgan fingerprint density at radius 1 is 1.08 bits per heavy atom. The molecule has 138 valence electrons. The molecule has 1 N–H and O–H groups in total. The number of hydrogen-bond donors (Lipinski definition) is 1. The van der Waals surface area contributed by atoms with E-state index in [4.69, 9.17) is 4.74 Å². The summed E-state index contributed by atoms with van der Waals surface area (Å²) in [5.74, 6) is -0.972. The van der Waals surface area contributed by atoms with Crippen LogP contribution in [0.2, 0.25) is 0 Å². The summed E-state index contributed by atoms with van der Waals surface area (Å²) in [5.41, 5.74) is 2.41. The Morgan fingerprint density at radius 2 is 1.73 bits per heavy atom. The van der Waals surface area contributed by atoms with E-state index < -0.39 is 12.1 Å². The van der Waals surface area contributed by atoms with Crippen molar-refractivity contribution in [3.8, 4) is 0 Å². The molecule has 0 saturated carbocycles. The van der Waals surface area contributed by atoms with Gasteiger partial charge in [-0.3, -0.25) is 9.59 Å². The zero-order valence-corrected chi connectivity index (χ0v) is 15.3. The maximum atomic E-state index is 12.9.